The Hall–Kier alpha value is -2.46. The molecule has 2 aromatic carbocycles. The monoisotopic (exact) mass is 307 g/mol. The van der Waals surface area contributed by atoms with Gasteiger partial charge in [0, 0.05) is 5.38 Å². The summed E-state index contributed by atoms with van der Waals surface area (Å²) in [5.41, 5.74) is 8.48. The third-order valence-electron chi connectivity index (χ3n) is 3.35. The number of hydrogen-bond donors (Lipinski definition) is 1. The summed E-state index contributed by atoms with van der Waals surface area (Å²) in [5.74, 6) is 0. The molecule has 110 valence electrons. The van der Waals surface area contributed by atoms with Gasteiger partial charge in [-0.05, 0) is 30.5 Å². The van der Waals surface area contributed by atoms with Crippen molar-refractivity contribution in [1.29, 1.82) is 0 Å². The van der Waals surface area contributed by atoms with Gasteiger partial charge in [0.05, 0.1) is 11.4 Å². The molecule has 0 atom stereocenters. The fourth-order valence-corrected chi connectivity index (χ4v) is 2.77. The zero-order valence-electron chi connectivity index (χ0n) is 12.6. The number of aryl methyl sites for hydroxylation is 1. The van der Waals surface area contributed by atoms with E-state index in [1.165, 1.54) is 11.1 Å². The number of hydrazone groups is 1. The van der Waals surface area contributed by atoms with Crippen LogP contribution < -0.4 is 5.43 Å². The van der Waals surface area contributed by atoms with Gasteiger partial charge >= 0.3 is 0 Å². The number of thiazole rings is 1. The molecule has 0 saturated carbocycles. The maximum absolute atomic E-state index is 4.39. The first kappa shape index (κ1) is 14.5. The zero-order valence-corrected chi connectivity index (χ0v) is 13.4. The highest BCUT2D eigenvalue weighted by Crippen LogP contribution is 2.20. The molecule has 0 saturated heterocycles. The van der Waals surface area contributed by atoms with E-state index in [1.54, 1.807) is 11.3 Å². The van der Waals surface area contributed by atoms with Crippen LogP contribution in [0.1, 0.15) is 18.2 Å². The molecular formula is C18H17N3S. The molecule has 0 aliphatic heterocycles. The van der Waals surface area contributed by atoms with Crippen LogP contribution in [0, 0.1) is 6.92 Å². The lowest BCUT2D eigenvalue weighted by molar-refractivity contribution is 1.21. The molecule has 0 spiro atoms. The highest BCUT2D eigenvalue weighted by Gasteiger charge is 2.01. The number of hydrogen-bond acceptors (Lipinski definition) is 4. The van der Waals surface area contributed by atoms with Crippen LogP contribution in [-0.2, 0) is 0 Å². The minimum Gasteiger partial charge on any atom is -0.252 e. The quantitative estimate of drug-likeness (QED) is 0.546. The second-order valence-electron chi connectivity index (χ2n) is 5.05. The van der Waals surface area contributed by atoms with E-state index in [2.05, 4.69) is 64.0 Å². The van der Waals surface area contributed by atoms with Gasteiger partial charge in [-0.15, -0.1) is 11.3 Å². The summed E-state index contributed by atoms with van der Waals surface area (Å²) in [7, 11) is 0. The summed E-state index contributed by atoms with van der Waals surface area (Å²) in [5, 5.41) is 7.21. The molecule has 0 fully saturated rings. The standard InChI is InChI=1S/C18H17N3S/c1-13-12-22-18(19-13)21-20-14(2)15-8-10-17(11-9-15)16-6-4-3-5-7-16/h3-12H,1-2H3,(H,19,21)/b20-14-. The lowest BCUT2D eigenvalue weighted by Gasteiger charge is -2.04. The van der Waals surface area contributed by atoms with Crippen molar-refractivity contribution < 1.29 is 0 Å². The molecule has 3 aromatic rings. The highest BCUT2D eigenvalue weighted by atomic mass is 32.1. The number of benzene rings is 2. The first-order chi connectivity index (χ1) is 10.7. The first-order valence-corrected chi connectivity index (χ1v) is 7.98. The highest BCUT2D eigenvalue weighted by molar-refractivity contribution is 7.13. The fraction of sp³-hybridized carbons (Fsp3) is 0.111. The molecule has 3 rings (SSSR count). The van der Waals surface area contributed by atoms with Gasteiger partial charge < -0.3 is 0 Å². The summed E-state index contributed by atoms with van der Waals surface area (Å²) >= 11 is 1.56. The number of nitrogens with one attached hydrogen (secondary N) is 1. The molecule has 0 bridgehead atoms. The Morgan fingerprint density at radius 1 is 1.00 bits per heavy atom. The van der Waals surface area contributed by atoms with Gasteiger partial charge in [0.2, 0.25) is 5.13 Å². The van der Waals surface area contributed by atoms with Crippen molar-refractivity contribution in [3.8, 4) is 11.1 Å². The van der Waals surface area contributed by atoms with Crippen molar-refractivity contribution in [3.05, 3.63) is 71.2 Å². The minimum absolute atomic E-state index is 0.817. The second-order valence-corrected chi connectivity index (χ2v) is 5.90. The molecule has 1 heterocycles. The van der Waals surface area contributed by atoms with Crippen molar-refractivity contribution in [2.75, 3.05) is 5.43 Å². The van der Waals surface area contributed by atoms with E-state index in [1.807, 2.05) is 25.3 Å². The maximum atomic E-state index is 4.39. The Morgan fingerprint density at radius 2 is 1.68 bits per heavy atom. The topological polar surface area (TPSA) is 37.3 Å². The molecule has 1 aromatic heterocycles. The van der Waals surface area contributed by atoms with Crippen LogP contribution in [0.3, 0.4) is 0 Å². The number of rotatable bonds is 4. The lowest BCUT2D eigenvalue weighted by Crippen LogP contribution is -1.99. The average molecular weight is 307 g/mol. The minimum atomic E-state index is 0.817. The molecule has 0 unspecified atom stereocenters. The van der Waals surface area contributed by atoms with Crippen LogP contribution in [-0.4, -0.2) is 10.7 Å². The van der Waals surface area contributed by atoms with Crippen LogP contribution in [0.5, 0.6) is 0 Å². The van der Waals surface area contributed by atoms with E-state index in [0.717, 1.165) is 22.1 Å². The number of nitrogens with zero attached hydrogens (tertiary/aromatic N) is 2. The molecule has 0 aliphatic carbocycles. The third-order valence-corrected chi connectivity index (χ3v) is 4.21. The van der Waals surface area contributed by atoms with Crippen molar-refractivity contribution in [2.45, 2.75) is 13.8 Å². The predicted molar refractivity (Wildman–Crippen MR) is 94.6 cm³/mol. The summed E-state index contributed by atoms with van der Waals surface area (Å²) in [6.07, 6.45) is 0. The van der Waals surface area contributed by atoms with Crippen LogP contribution >= 0.6 is 11.3 Å². The van der Waals surface area contributed by atoms with Gasteiger partial charge in [0.15, 0.2) is 0 Å². The van der Waals surface area contributed by atoms with Gasteiger partial charge in [-0.1, -0.05) is 54.6 Å². The van der Waals surface area contributed by atoms with Gasteiger partial charge in [0.1, 0.15) is 0 Å². The van der Waals surface area contributed by atoms with E-state index in [9.17, 15) is 0 Å². The Bertz CT molecular complexity index is 774. The van der Waals surface area contributed by atoms with Crippen LogP contribution in [0.2, 0.25) is 0 Å². The van der Waals surface area contributed by atoms with Gasteiger partial charge in [0.25, 0.3) is 0 Å². The van der Waals surface area contributed by atoms with Gasteiger partial charge in [-0.2, -0.15) is 5.10 Å². The Morgan fingerprint density at radius 3 is 2.32 bits per heavy atom. The normalized spacial score (nSPS) is 11.5. The zero-order chi connectivity index (χ0) is 15.4. The summed E-state index contributed by atoms with van der Waals surface area (Å²) in [6.45, 7) is 3.96. The molecule has 0 amide bonds. The van der Waals surface area contributed by atoms with Crippen molar-refractivity contribution in [3.63, 3.8) is 0 Å². The van der Waals surface area contributed by atoms with Gasteiger partial charge in [-0.3, -0.25) is 5.43 Å². The third kappa shape index (κ3) is 3.40. The van der Waals surface area contributed by atoms with Crippen LogP contribution in [0.25, 0.3) is 11.1 Å². The number of aromatic nitrogens is 1. The van der Waals surface area contributed by atoms with E-state index < -0.39 is 0 Å². The smallest absolute Gasteiger partial charge is 0.203 e. The Balaban J connectivity index is 1.74. The molecule has 3 nitrogen and oxygen atoms in total. The maximum Gasteiger partial charge on any atom is 0.203 e. The summed E-state index contributed by atoms with van der Waals surface area (Å²) in [6, 6.07) is 18.8. The van der Waals surface area contributed by atoms with E-state index >= 15 is 0 Å². The fourth-order valence-electron chi connectivity index (χ4n) is 2.14. The van der Waals surface area contributed by atoms with E-state index in [0.29, 0.717) is 0 Å². The van der Waals surface area contributed by atoms with Crippen molar-refractivity contribution >= 4 is 22.2 Å². The average Bonchev–Trinajstić information content (AvgIpc) is 2.99. The van der Waals surface area contributed by atoms with E-state index in [4.69, 9.17) is 0 Å². The van der Waals surface area contributed by atoms with Crippen LogP contribution in [0.15, 0.2) is 65.1 Å². The van der Waals surface area contributed by atoms with Crippen molar-refractivity contribution in [2.24, 2.45) is 5.10 Å². The SMILES string of the molecule is C/C(=N/Nc1nc(C)cs1)c1ccc(-c2ccccc2)cc1. The summed E-state index contributed by atoms with van der Waals surface area (Å²) < 4.78 is 0. The van der Waals surface area contributed by atoms with Crippen molar-refractivity contribution in [1.82, 2.24) is 4.98 Å². The van der Waals surface area contributed by atoms with Gasteiger partial charge in [-0.25, -0.2) is 4.98 Å². The molecule has 22 heavy (non-hydrogen) atoms. The summed E-state index contributed by atoms with van der Waals surface area (Å²) in [4.78, 5) is 4.33. The molecule has 0 aliphatic rings. The van der Waals surface area contributed by atoms with E-state index in [-0.39, 0.29) is 0 Å². The predicted octanol–water partition coefficient (Wildman–Crippen LogP) is 4.95. The first-order valence-electron chi connectivity index (χ1n) is 7.10. The molecule has 4 heteroatoms. The second kappa shape index (κ2) is 6.54. The lowest BCUT2D eigenvalue weighted by atomic mass is 10.0. The Labute approximate surface area is 134 Å². The molecule has 0 radical (unpaired) electrons. The van der Waals surface area contributed by atoms with Crippen LogP contribution in [0.4, 0.5) is 5.13 Å². The molecule has 1 N–H and O–H groups in total. The largest absolute Gasteiger partial charge is 0.252 e. The Kier molecular flexibility index (Phi) is 4.30. The molecular weight excluding hydrogens is 290 g/mol. The number of anilines is 1.